The zero-order valence-electron chi connectivity index (χ0n) is 9.25. The molecule has 0 unspecified atom stereocenters. The number of hydrogen-bond acceptors (Lipinski definition) is 3. The summed E-state index contributed by atoms with van der Waals surface area (Å²) in [5.41, 5.74) is 6.80. The first-order valence-corrected chi connectivity index (χ1v) is 5.20. The summed E-state index contributed by atoms with van der Waals surface area (Å²) in [5, 5.41) is 0. The number of imidazole rings is 1. The predicted molar refractivity (Wildman–Crippen MR) is 59.5 cm³/mol. The lowest BCUT2D eigenvalue weighted by molar-refractivity contribution is 0.731. The molecule has 0 aliphatic carbocycles. The summed E-state index contributed by atoms with van der Waals surface area (Å²) in [4.78, 5) is 4.46. The van der Waals surface area contributed by atoms with Crippen LogP contribution in [0.25, 0.3) is 0 Å². The number of unbranched alkanes of at least 4 members (excludes halogenated alkanes) is 1. The lowest BCUT2D eigenvalue weighted by Crippen LogP contribution is -2.16. The molecular weight excluding hydrogens is 176 g/mol. The number of nitrogens with two attached hydrogens (primary N) is 2. The highest BCUT2D eigenvalue weighted by Gasteiger charge is 2.14. The van der Waals surface area contributed by atoms with E-state index in [-0.39, 0.29) is 0 Å². The maximum atomic E-state index is 5.86. The summed E-state index contributed by atoms with van der Waals surface area (Å²) in [6, 6.07) is 0. The fourth-order valence-corrected chi connectivity index (χ4v) is 1.45. The zero-order valence-corrected chi connectivity index (χ0v) is 9.25. The Morgan fingerprint density at radius 1 is 1.43 bits per heavy atom. The molecule has 1 aromatic rings. The van der Waals surface area contributed by atoms with E-state index in [1.165, 1.54) is 4.68 Å². The van der Waals surface area contributed by atoms with Gasteiger partial charge in [-0.25, -0.2) is 9.66 Å². The maximum absolute atomic E-state index is 5.86. The van der Waals surface area contributed by atoms with Crippen molar-refractivity contribution in [2.45, 2.75) is 46.0 Å². The summed E-state index contributed by atoms with van der Waals surface area (Å²) >= 11 is 0. The van der Waals surface area contributed by atoms with Crippen LogP contribution in [0.15, 0.2) is 0 Å². The van der Waals surface area contributed by atoms with E-state index in [1.54, 1.807) is 0 Å². The van der Waals surface area contributed by atoms with Crippen molar-refractivity contribution in [2.75, 3.05) is 11.6 Å². The first kappa shape index (κ1) is 10.9. The van der Waals surface area contributed by atoms with Gasteiger partial charge in [0.25, 0.3) is 0 Å². The molecule has 0 saturated carbocycles. The van der Waals surface area contributed by atoms with Gasteiger partial charge in [0, 0.05) is 5.92 Å². The second-order valence-corrected chi connectivity index (χ2v) is 3.93. The van der Waals surface area contributed by atoms with E-state index in [0.29, 0.717) is 11.7 Å². The Hall–Kier alpha value is -1.19. The van der Waals surface area contributed by atoms with Crippen molar-refractivity contribution in [3.8, 4) is 0 Å². The van der Waals surface area contributed by atoms with Crippen LogP contribution in [0.1, 0.15) is 51.0 Å². The van der Waals surface area contributed by atoms with E-state index in [4.69, 9.17) is 11.6 Å². The lowest BCUT2D eigenvalue weighted by atomic mass is 10.2. The van der Waals surface area contributed by atoms with Crippen LogP contribution in [0, 0.1) is 0 Å². The van der Waals surface area contributed by atoms with Gasteiger partial charge in [-0.15, -0.1) is 0 Å². The van der Waals surface area contributed by atoms with E-state index in [1.807, 2.05) is 0 Å². The number of aryl methyl sites for hydroxylation is 1. The molecule has 0 aliphatic heterocycles. The summed E-state index contributed by atoms with van der Waals surface area (Å²) in [6.45, 7) is 6.28. The van der Waals surface area contributed by atoms with Gasteiger partial charge in [0.15, 0.2) is 0 Å². The average Bonchev–Trinajstić information content (AvgIpc) is 2.42. The molecule has 4 heteroatoms. The van der Waals surface area contributed by atoms with Gasteiger partial charge in [-0.3, -0.25) is 0 Å². The van der Waals surface area contributed by atoms with E-state index in [2.05, 4.69) is 25.8 Å². The van der Waals surface area contributed by atoms with Gasteiger partial charge in [0.2, 0.25) is 0 Å². The molecule has 4 N–H and O–H groups in total. The third kappa shape index (κ3) is 2.00. The van der Waals surface area contributed by atoms with Crippen LogP contribution in [0.5, 0.6) is 0 Å². The van der Waals surface area contributed by atoms with Gasteiger partial charge in [-0.1, -0.05) is 27.2 Å². The monoisotopic (exact) mass is 196 g/mol. The molecule has 1 heterocycles. The highest BCUT2D eigenvalue weighted by molar-refractivity contribution is 5.39. The van der Waals surface area contributed by atoms with Gasteiger partial charge in [-0.05, 0) is 12.8 Å². The second-order valence-electron chi connectivity index (χ2n) is 3.93. The molecular formula is C10H20N4. The number of rotatable bonds is 4. The van der Waals surface area contributed by atoms with Gasteiger partial charge in [-0.2, -0.15) is 0 Å². The minimum atomic E-state index is 0.317. The molecule has 0 spiro atoms. The van der Waals surface area contributed by atoms with Crippen molar-refractivity contribution >= 4 is 5.82 Å². The van der Waals surface area contributed by atoms with Gasteiger partial charge < -0.3 is 11.6 Å². The average molecular weight is 196 g/mol. The number of hydrogen-bond donors (Lipinski definition) is 2. The molecule has 4 nitrogen and oxygen atoms in total. The molecule has 0 aromatic carbocycles. The van der Waals surface area contributed by atoms with Crippen LogP contribution in [-0.2, 0) is 6.42 Å². The van der Waals surface area contributed by atoms with Gasteiger partial charge in [0.05, 0.1) is 5.69 Å². The molecule has 0 bridgehead atoms. The van der Waals surface area contributed by atoms with Crippen molar-refractivity contribution in [3.05, 3.63) is 11.5 Å². The van der Waals surface area contributed by atoms with Crippen LogP contribution in [0.2, 0.25) is 0 Å². The lowest BCUT2D eigenvalue weighted by Gasteiger charge is -2.04. The fourth-order valence-electron chi connectivity index (χ4n) is 1.45. The molecule has 14 heavy (non-hydrogen) atoms. The highest BCUT2D eigenvalue weighted by atomic mass is 15.4. The summed E-state index contributed by atoms with van der Waals surface area (Å²) in [6.07, 6.45) is 3.18. The Balaban J connectivity index is 2.91. The van der Waals surface area contributed by atoms with Crippen molar-refractivity contribution in [2.24, 2.45) is 0 Å². The van der Waals surface area contributed by atoms with Gasteiger partial charge >= 0.3 is 0 Å². The largest absolute Gasteiger partial charge is 0.382 e. The number of nitrogens with zero attached hydrogens (tertiary/aromatic N) is 2. The Bertz CT molecular complexity index is 301. The van der Waals surface area contributed by atoms with Gasteiger partial charge in [0.1, 0.15) is 11.6 Å². The molecule has 80 valence electrons. The van der Waals surface area contributed by atoms with E-state index >= 15 is 0 Å². The fraction of sp³-hybridized carbons (Fsp3) is 0.700. The van der Waals surface area contributed by atoms with Crippen LogP contribution < -0.4 is 11.6 Å². The minimum Gasteiger partial charge on any atom is -0.382 e. The number of nitrogen functional groups attached to an aromatic ring is 2. The summed E-state index contributed by atoms with van der Waals surface area (Å²) in [5.74, 6) is 7.60. The van der Waals surface area contributed by atoms with E-state index in [0.717, 1.165) is 30.8 Å². The Morgan fingerprint density at radius 3 is 2.50 bits per heavy atom. The predicted octanol–water partition coefficient (Wildman–Crippen LogP) is 1.65. The minimum absolute atomic E-state index is 0.317. The number of anilines is 1. The van der Waals surface area contributed by atoms with Crippen LogP contribution in [0.4, 0.5) is 5.82 Å². The molecule has 0 saturated heterocycles. The number of aromatic nitrogens is 2. The summed E-state index contributed by atoms with van der Waals surface area (Å²) in [7, 11) is 0. The van der Waals surface area contributed by atoms with Crippen molar-refractivity contribution in [3.63, 3.8) is 0 Å². The molecule has 0 fully saturated rings. The Labute approximate surface area is 85.3 Å². The standard InChI is InChI=1S/C10H20N4/c1-4-5-6-8-9(11)14(12)10(13-8)7(2)3/h7H,4-6,11-12H2,1-3H3. The molecule has 1 rings (SSSR count). The zero-order chi connectivity index (χ0) is 10.7. The smallest absolute Gasteiger partial charge is 0.145 e. The summed E-state index contributed by atoms with van der Waals surface area (Å²) < 4.78 is 1.51. The quantitative estimate of drug-likeness (QED) is 0.719. The second kappa shape index (κ2) is 4.35. The van der Waals surface area contributed by atoms with Crippen molar-refractivity contribution in [1.82, 2.24) is 9.66 Å². The van der Waals surface area contributed by atoms with E-state index in [9.17, 15) is 0 Å². The maximum Gasteiger partial charge on any atom is 0.145 e. The third-order valence-corrected chi connectivity index (χ3v) is 2.34. The Morgan fingerprint density at radius 2 is 2.07 bits per heavy atom. The molecule has 0 aliphatic rings. The SMILES string of the molecule is CCCCc1nc(C(C)C)n(N)c1N. The Kier molecular flexibility index (Phi) is 3.38. The first-order chi connectivity index (χ1) is 6.57. The third-order valence-electron chi connectivity index (χ3n) is 2.34. The molecule has 0 amide bonds. The first-order valence-electron chi connectivity index (χ1n) is 5.20. The van der Waals surface area contributed by atoms with Crippen LogP contribution in [-0.4, -0.2) is 9.66 Å². The highest BCUT2D eigenvalue weighted by Crippen LogP contribution is 2.19. The van der Waals surface area contributed by atoms with Crippen molar-refractivity contribution < 1.29 is 0 Å². The topological polar surface area (TPSA) is 69.9 Å². The van der Waals surface area contributed by atoms with E-state index < -0.39 is 0 Å². The van der Waals surface area contributed by atoms with Crippen LogP contribution in [0.3, 0.4) is 0 Å². The van der Waals surface area contributed by atoms with Crippen LogP contribution >= 0.6 is 0 Å². The molecule has 0 atom stereocenters. The molecule has 1 aromatic heterocycles. The van der Waals surface area contributed by atoms with Crippen molar-refractivity contribution in [1.29, 1.82) is 0 Å². The normalized spacial score (nSPS) is 11.1. The molecule has 0 radical (unpaired) electrons.